The highest BCUT2D eigenvalue weighted by Crippen LogP contribution is 2.35. The molecule has 70 valence electrons. The van der Waals surface area contributed by atoms with Crippen molar-refractivity contribution in [2.75, 3.05) is 0 Å². The Kier molecular flexibility index (Phi) is 2.13. The maximum absolute atomic E-state index is 11.3. The summed E-state index contributed by atoms with van der Waals surface area (Å²) in [7, 11) is 0. The largest absolute Gasteiger partial charge is 0.300 e. The highest BCUT2D eigenvalue weighted by atomic mass is 16.1. The van der Waals surface area contributed by atoms with Gasteiger partial charge in [0.2, 0.25) is 0 Å². The lowest BCUT2D eigenvalue weighted by molar-refractivity contribution is -0.123. The Bertz CT molecular complexity index is 250. The van der Waals surface area contributed by atoms with Crippen LogP contribution in [0.2, 0.25) is 0 Å². The van der Waals surface area contributed by atoms with E-state index in [2.05, 4.69) is 17.7 Å². The van der Waals surface area contributed by atoms with Crippen molar-refractivity contribution in [1.29, 1.82) is 0 Å². The van der Waals surface area contributed by atoms with Crippen molar-refractivity contribution in [3.63, 3.8) is 0 Å². The average molecular weight is 177 g/mol. The van der Waals surface area contributed by atoms with Gasteiger partial charge < -0.3 is 0 Å². The van der Waals surface area contributed by atoms with Crippen LogP contribution in [0.3, 0.4) is 0 Å². The molecule has 2 nitrogen and oxygen atoms in total. The molecule has 0 spiro atoms. The van der Waals surface area contributed by atoms with Gasteiger partial charge in [-0.25, -0.2) is 0 Å². The molecule has 0 saturated carbocycles. The van der Waals surface area contributed by atoms with Crippen LogP contribution in [0.25, 0.3) is 0 Å². The van der Waals surface area contributed by atoms with Gasteiger partial charge in [0, 0.05) is 24.9 Å². The van der Waals surface area contributed by atoms with Crippen LogP contribution in [-0.2, 0) is 4.79 Å². The minimum absolute atomic E-state index is 0.200. The van der Waals surface area contributed by atoms with E-state index < -0.39 is 0 Å². The van der Waals surface area contributed by atoms with Crippen LogP contribution in [0.1, 0.15) is 32.6 Å². The summed E-state index contributed by atoms with van der Waals surface area (Å²) >= 11 is 0. The summed E-state index contributed by atoms with van der Waals surface area (Å²) < 4.78 is 0. The van der Waals surface area contributed by atoms with Crippen molar-refractivity contribution in [2.45, 2.75) is 50.7 Å². The van der Waals surface area contributed by atoms with Crippen LogP contribution in [0.15, 0.2) is 0 Å². The van der Waals surface area contributed by atoms with E-state index in [1.165, 1.54) is 0 Å². The van der Waals surface area contributed by atoms with Gasteiger partial charge in [-0.3, -0.25) is 9.69 Å². The van der Waals surface area contributed by atoms with Crippen LogP contribution in [0.5, 0.6) is 0 Å². The van der Waals surface area contributed by atoms with E-state index in [9.17, 15) is 4.79 Å². The second-order valence-corrected chi connectivity index (χ2v) is 4.12. The summed E-state index contributed by atoms with van der Waals surface area (Å²) in [5.74, 6) is 3.19. The van der Waals surface area contributed by atoms with Crippen molar-refractivity contribution in [2.24, 2.45) is 0 Å². The molecule has 2 rings (SSSR count). The second-order valence-electron chi connectivity index (χ2n) is 4.12. The van der Waals surface area contributed by atoms with Gasteiger partial charge in [0.1, 0.15) is 5.78 Å². The zero-order chi connectivity index (χ0) is 9.42. The third-order valence-corrected chi connectivity index (χ3v) is 3.29. The maximum Gasteiger partial charge on any atom is 0.136 e. The molecule has 0 N–H and O–H groups in total. The van der Waals surface area contributed by atoms with E-state index in [-0.39, 0.29) is 6.04 Å². The number of terminal acetylenes is 1. The summed E-state index contributed by atoms with van der Waals surface area (Å²) in [6.07, 6.45) is 9.17. The fourth-order valence-corrected chi connectivity index (χ4v) is 2.72. The summed E-state index contributed by atoms with van der Waals surface area (Å²) in [6.45, 7) is 2.06. The molecule has 2 aliphatic rings. The van der Waals surface area contributed by atoms with Gasteiger partial charge in [-0.2, -0.15) is 0 Å². The standard InChI is InChI=1S/C11H15NO/c1-3-8(2)12-9-4-5-10(12)7-11(13)6-9/h1,8-10H,4-7H2,2H3. The Morgan fingerprint density at radius 2 is 2.00 bits per heavy atom. The van der Waals surface area contributed by atoms with Crippen LogP contribution in [0.4, 0.5) is 0 Å². The number of carbonyl (C=O) groups excluding carboxylic acids is 1. The predicted octanol–water partition coefficient (Wildman–Crippen LogP) is 1.20. The van der Waals surface area contributed by atoms with Gasteiger partial charge in [0.05, 0.1) is 6.04 Å². The van der Waals surface area contributed by atoms with Crippen molar-refractivity contribution in [3.05, 3.63) is 0 Å². The third kappa shape index (κ3) is 1.38. The normalized spacial score (nSPS) is 35.8. The molecular weight excluding hydrogens is 162 g/mol. The number of Topliss-reactive ketones (excluding diaryl/α,β-unsaturated/α-hetero) is 1. The molecule has 0 aliphatic carbocycles. The number of hydrogen-bond donors (Lipinski definition) is 0. The van der Waals surface area contributed by atoms with E-state index in [1.54, 1.807) is 0 Å². The molecule has 13 heavy (non-hydrogen) atoms. The maximum atomic E-state index is 11.3. The van der Waals surface area contributed by atoms with Crippen molar-refractivity contribution >= 4 is 5.78 Å². The van der Waals surface area contributed by atoms with Crippen molar-refractivity contribution in [3.8, 4) is 12.3 Å². The highest BCUT2D eigenvalue weighted by Gasteiger charge is 2.41. The number of ketones is 1. The van der Waals surface area contributed by atoms with Gasteiger partial charge in [-0.05, 0) is 19.8 Å². The monoisotopic (exact) mass is 177 g/mol. The van der Waals surface area contributed by atoms with Crippen molar-refractivity contribution in [1.82, 2.24) is 4.90 Å². The van der Waals surface area contributed by atoms with Crippen LogP contribution >= 0.6 is 0 Å². The highest BCUT2D eigenvalue weighted by molar-refractivity contribution is 5.81. The number of hydrogen-bond acceptors (Lipinski definition) is 2. The SMILES string of the molecule is C#CC(C)N1C2CCC1CC(=O)C2. The smallest absolute Gasteiger partial charge is 0.136 e. The van der Waals surface area contributed by atoms with Gasteiger partial charge in [0.15, 0.2) is 0 Å². The van der Waals surface area contributed by atoms with E-state index in [0.717, 1.165) is 25.7 Å². The second kappa shape index (κ2) is 3.16. The summed E-state index contributed by atoms with van der Waals surface area (Å²) in [5, 5.41) is 0. The first-order valence-corrected chi connectivity index (χ1v) is 4.97. The molecule has 0 aromatic rings. The van der Waals surface area contributed by atoms with Gasteiger partial charge >= 0.3 is 0 Å². The Morgan fingerprint density at radius 3 is 2.46 bits per heavy atom. The first kappa shape index (κ1) is 8.77. The lowest BCUT2D eigenvalue weighted by Crippen LogP contribution is -2.47. The lowest BCUT2D eigenvalue weighted by Gasteiger charge is -2.36. The van der Waals surface area contributed by atoms with Crippen LogP contribution in [-0.4, -0.2) is 28.8 Å². The predicted molar refractivity (Wildman–Crippen MR) is 51.2 cm³/mol. The molecule has 0 radical (unpaired) electrons. The number of nitrogens with zero attached hydrogens (tertiary/aromatic N) is 1. The topological polar surface area (TPSA) is 20.3 Å². The molecule has 3 unspecified atom stereocenters. The number of rotatable bonds is 1. The lowest BCUT2D eigenvalue weighted by atomic mass is 10.00. The van der Waals surface area contributed by atoms with E-state index in [1.807, 2.05) is 0 Å². The van der Waals surface area contributed by atoms with Gasteiger partial charge in [0.25, 0.3) is 0 Å². The first-order valence-electron chi connectivity index (χ1n) is 4.97. The zero-order valence-electron chi connectivity index (χ0n) is 7.99. The summed E-state index contributed by atoms with van der Waals surface area (Å²) in [5.41, 5.74) is 0. The minimum atomic E-state index is 0.200. The van der Waals surface area contributed by atoms with Crippen LogP contribution in [0, 0.1) is 12.3 Å². The number of fused-ring (bicyclic) bond motifs is 2. The van der Waals surface area contributed by atoms with Crippen LogP contribution < -0.4 is 0 Å². The summed E-state index contributed by atoms with van der Waals surface area (Å²) in [4.78, 5) is 13.7. The molecule has 0 aromatic carbocycles. The molecule has 2 heteroatoms. The van der Waals surface area contributed by atoms with E-state index in [0.29, 0.717) is 17.9 Å². The fourth-order valence-electron chi connectivity index (χ4n) is 2.72. The minimum Gasteiger partial charge on any atom is -0.300 e. The molecule has 2 heterocycles. The molecule has 0 amide bonds. The van der Waals surface area contributed by atoms with Crippen molar-refractivity contribution < 1.29 is 4.79 Å². The fraction of sp³-hybridized carbons (Fsp3) is 0.727. The first-order chi connectivity index (χ1) is 6.22. The molecule has 2 bridgehead atoms. The Balaban J connectivity index is 2.15. The number of piperidine rings is 1. The zero-order valence-corrected chi connectivity index (χ0v) is 7.99. The molecule has 0 aromatic heterocycles. The number of carbonyl (C=O) groups is 1. The average Bonchev–Trinajstić information content (AvgIpc) is 2.37. The molecule has 2 saturated heterocycles. The Morgan fingerprint density at radius 1 is 1.46 bits per heavy atom. The van der Waals surface area contributed by atoms with Gasteiger partial charge in [-0.15, -0.1) is 6.42 Å². The quantitative estimate of drug-likeness (QED) is 0.561. The molecule has 2 aliphatic heterocycles. The van der Waals surface area contributed by atoms with E-state index in [4.69, 9.17) is 6.42 Å². The molecule has 2 fully saturated rings. The molecule has 3 atom stereocenters. The summed E-state index contributed by atoms with van der Waals surface area (Å²) in [6, 6.07) is 1.08. The van der Waals surface area contributed by atoms with E-state index >= 15 is 0 Å². The molecular formula is C11H15NO. The third-order valence-electron chi connectivity index (χ3n) is 3.29. The van der Waals surface area contributed by atoms with Gasteiger partial charge in [-0.1, -0.05) is 5.92 Å². The Labute approximate surface area is 79.3 Å². The Hall–Kier alpha value is -0.810.